The Bertz CT molecular complexity index is 1390. The van der Waals surface area contributed by atoms with Crippen LogP contribution in [0.1, 0.15) is 39.5 Å². The highest BCUT2D eigenvalue weighted by Gasteiger charge is 2.49. The van der Waals surface area contributed by atoms with E-state index < -0.39 is 0 Å². The molecule has 0 spiro atoms. The molecule has 2 aliphatic rings. The maximum absolute atomic E-state index is 11.9. The van der Waals surface area contributed by atoms with E-state index in [1.165, 1.54) is 17.4 Å². The van der Waals surface area contributed by atoms with Gasteiger partial charge >= 0.3 is 0 Å². The molecule has 4 aromatic heterocycles. The van der Waals surface area contributed by atoms with Crippen molar-refractivity contribution >= 4 is 37.5 Å². The average molecular weight is 494 g/mol. The Morgan fingerprint density at radius 3 is 2.38 bits per heavy atom. The normalized spacial score (nSPS) is 26.3. The Hall–Kier alpha value is -2.69. The topological polar surface area (TPSA) is 88.8 Å². The van der Waals surface area contributed by atoms with Crippen LogP contribution in [0.5, 0.6) is 0 Å². The molecule has 0 aromatic carbocycles. The molecule has 2 saturated heterocycles. The predicted molar refractivity (Wildman–Crippen MR) is 138 cm³/mol. The van der Waals surface area contributed by atoms with Crippen molar-refractivity contribution in [3.63, 3.8) is 0 Å². The predicted octanol–water partition coefficient (Wildman–Crippen LogP) is 4.07. The number of piperidine rings is 1. The zero-order valence-corrected chi connectivity index (χ0v) is 21.3. The largest absolute Gasteiger partial charge is 0.348 e. The molecule has 0 saturated carbocycles. The lowest BCUT2D eigenvalue weighted by molar-refractivity contribution is 0.208. The van der Waals surface area contributed by atoms with Crippen LogP contribution >= 0.6 is 22.7 Å². The molecular formula is C24H27N7OS2. The summed E-state index contributed by atoms with van der Waals surface area (Å²) in [6.45, 7) is 4.71. The second kappa shape index (κ2) is 7.66. The molecule has 3 atom stereocenters. The van der Waals surface area contributed by atoms with E-state index in [4.69, 9.17) is 9.97 Å². The SMILES string of the molecule is CN(c1nc2sc(-c3cnc(-c4ccn(C)c(=O)c4)cn3)nc2s1)C1C[C@]2(C)CC[C@](C)(C1)N2. The number of aromatic nitrogens is 5. The summed E-state index contributed by atoms with van der Waals surface area (Å²) in [4.78, 5) is 35.0. The van der Waals surface area contributed by atoms with Crippen molar-refractivity contribution in [2.24, 2.45) is 7.05 Å². The molecule has 2 fully saturated rings. The summed E-state index contributed by atoms with van der Waals surface area (Å²) in [7, 11) is 3.90. The Morgan fingerprint density at radius 1 is 1.06 bits per heavy atom. The molecule has 8 nitrogen and oxygen atoms in total. The molecule has 34 heavy (non-hydrogen) atoms. The van der Waals surface area contributed by atoms with Crippen LogP contribution in [0.3, 0.4) is 0 Å². The number of hydrogen-bond acceptors (Lipinski definition) is 9. The van der Waals surface area contributed by atoms with Crippen LogP contribution < -0.4 is 15.8 Å². The lowest BCUT2D eigenvalue weighted by Gasteiger charge is -2.45. The first-order chi connectivity index (χ1) is 16.2. The van der Waals surface area contributed by atoms with Gasteiger partial charge in [-0.3, -0.25) is 9.78 Å². The third kappa shape index (κ3) is 3.73. The van der Waals surface area contributed by atoms with Gasteiger partial charge in [-0.1, -0.05) is 22.7 Å². The molecule has 6 heterocycles. The standard InChI is InChI=1S/C24H27N7OS2/c1-23-6-7-24(2,29-23)11-15(10-23)31(4)22-28-21-20(34-22)27-19(33-21)17-13-25-16(12-26-17)14-5-8-30(3)18(32)9-14/h5,8-9,12-13,15,29H,6-7,10-11H2,1-4H3/t15?,23-,24+. The van der Waals surface area contributed by atoms with E-state index in [2.05, 4.69) is 41.1 Å². The lowest BCUT2D eigenvalue weighted by atomic mass is 9.84. The molecule has 0 aliphatic carbocycles. The van der Waals surface area contributed by atoms with E-state index in [0.29, 0.717) is 17.4 Å². The smallest absolute Gasteiger partial charge is 0.250 e. The molecule has 2 bridgehead atoms. The Morgan fingerprint density at radius 2 is 1.74 bits per heavy atom. The highest BCUT2D eigenvalue weighted by Crippen LogP contribution is 2.45. The van der Waals surface area contributed by atoms with Crippen LogP contribution in [0.15, 0.2) is 35.5 Å². The van der Waals surface area contributed by atoms with E-state index in [1.54, 1.807) is 54.4 Å². The van der Waals surface area contributed by atoms with Crippen LogP contribution in [0, 0.1) is 0 Å². The summed E-state index contributed by atoms with van der Waals surface area (Å²) < 4.78 is 1.53. The molecule has 6 rings (SSSR count). The quantitative estimate of drug-likeness (QED) is 0.458. The monoisotopic (exact) mass is 493 g/mol. The number of hydrogen-bond donors (Lipinski definition) is 1. The zero-order valence-electron chi connectivity index (χ0n) is 19.7. The second-order valence-corrected chi connectivity index (χ2v) is 12.1. The van der Waals surface area contributed by atoms with Gasteiger partial charge in [0, 0.05) is 49.0 Å². The number of aryl methyl sites for hydroxylation is 1. The first-order valence-corrected chi connectivity index (χ1v) is 13.1. The van der Waals surface area contributed by atoms with Gasteiger partial charge < -0.3 is 14.8 Å². The average Bonchev–Trinajstić information content (AvgIpc) is 3.44. The minimum absolute atomic E-state index is 0.0734. The summed E-state index contributed by atoms with van der Waals surface area (Å²) >= 11 is 3.19. The van der Waals surface area contributed by atoms with Gasteiger partial charge in [-0.05, 0) is 45.6 Å². The number of anilines is 1. The summed E-state index contributed by atoms with van der Waals surface area (Å²) in [6.07, 6.45) is 9.91. The number of fused-ring (bicyclic) bond motifs is 3. The van der Waals surface area contributed by atoms with Crippen molar-refractivity contribution in [3.05, 3.63) is 41.1 Å². The van der Waals surface area contributed by atoms with E-state index in [-0.39, 0.29) is 16.6 Å². The molecule has 1 unspecified atom stereocenters. The maximum Gasteiger partial charge on any atom is 0.250 e. The number of nitrogens with zero attached hydrogens (tertiary/aromatic N) is 6. The summed E-state index contributed by atoms with van der Waals surface area (Å²) in [5.74, 6) is 0. The van der Waals surface area contributed by atoms with Gasteiger partial charge in [-0.2, -0.15) is 0 Å². The van der Waals surface area contributed by atoms with Gasteiger partial charge in [0.25, 0.3) is 5.56 Å². The fraction of sp³-hybridized carbons (Fsp3) is 0.458. The van der Waals surface area contributed by atoms with E-state index >= 15 is 0 Å². The molecule has 0 amide bonds. The molecule has 2 aliphatic heterocycles. The lowest BCUT2D eigenvalue weighted by Crippen LogP contribution is -2.58. The van der Waals surface area contributed by atoms with Gasteiger partial charge in [0.15, 0.2) is 14.8 Å². The van der Waals surface area contributed by atoms with Crippen LogP contribution in [0.2, 0.25) is 0 Å². The first kappa shape index (κ1) is 21.8. The van der Waals surface area contributed by atoms with Crippen molar-refractivity contribution in [3.8, 4) is 22.0 Å². The van der Waals surface area contributed by atoms with Crippen LogP contribution in [0.4, 0.5) is 5.13 Å². The minimum atomic E-state index is -0.0734. The van der Waals surface area contributed by atoms with Gasteiger partial charge in [-0.25, -0.2) is 15.0 Å². The molecule has 10 heteroatoms. The maximum atomic E-state index is 11.9. The summed E-state index contributed by atoms with van der Waals surface area (Å²) in [6, 6.07) is 3.91. The third-order valence-electron chi connectivity index (χ3n) is 7.29. The van der Waals surface area contributed by atoms with E-state index in [9.17, 15) is 4.79 Å². The van der Waals surface area contributed by atoms with E-state index in [1.807, 2.05) is 6.07 Å². The van der Waals surface area contributed by atoms with Crippen LogP contribution in [0.25, 0.3) is 31.6 Å². The Kier molecular flexibility index (Phi) is 4.91. The minimum Gasteiger partial charge on any atom is -0.348 e. The Labute approximate surface area is 205 Å². The number of rotatable bonds is 4. The highest BCUT2D eigenvalue weighted by molar-refractivity contribution is 7.29. The van der Waals surface area contributed by atoms with Gasteiger partial charge in [0.1, 0.15) is 10.7 Å². The summed E-state index contributed by atoms with van der Waals surface area (Å²) in [5.41, 5.74) is 2.52. The van der Waals surface area contributed by atoms with Crippen molar-refractivity contribution in [2.45, 2.75) is 56.7 Å². The van der Waals surface area contributed by atoms with Crippen molar-refractivity contribution in [1.82, 2.24) is 29.8 Å². The molecule has 4 aromatic rings. The summed E-state index contributed by atoms with van der Waals surface area (Å²) in [5, 5.41) is 5.71. The van der Waals surface area contributed by atoms with Gasteiger partial charge in [0.2, 0.25) is 0 Å². The van der Waals surface area contributed by atoms with Crippen LogP contribution in [-0.2, 0) is 7.05 Å². The molecule has 1 N–H and O–H groups in total. The van der Waals surface area contributed by atoms with Crippen molar-refractivity contribution < 1.29 is 0 Å². The third-order valence-corrected chi connectivity index (χ3v) is 9.43. The fourth-order valence-electron chi connectivity index (χ4n) is 5.44. The fourth-order valence-corrected chi connectivity index (χ4v) is 7.47. The number of thiazole rings is 2. The first-order valence-electron chi connectivity index (χ1n) is 11.5. The number of nitrogens with one attached hydrogen (secondary N) is 1. The van der Waals surface area contributed by atoms with E-state index in [0.717, 1.165) is 38.2 Å². The molecule has 0 radical (unpaired) electrons. The zero-order chi connectivity index (χ0) is 23.7. The highest BCUT2D eigenvalue weighted by atomic mass is 32.1. The van der Waals surface area contributed by atoms with Gasteiger partial charge in [-0.15, -0.1) is 0 Å². The van der Waals surface area contributed by atoms with Crippen molar-refractivity contribution in [1.29, 1.82) is 0 Å². The van der Waals surface area contributed by atoms with Crippen LogP contribution in [-0.4, -0.2) is 48.7 Å². The van der Waals surface area contributed by atoms with Gasteiger partial charge in [0.05, 0.1) is 18.1 Å². The second-order valence-electron chi connectivity index (χ2n) is 10.2. The number of pyridine rings is 1. The Balaban J connectivity index is 1.22. The molecule has 176 valence electrons. The van der Waals surface area contributed by atoms with Crippen molar-refractivity contribution in [2.75, 3.05) is 11.9 Å². The molecular weight excluding hydrogens is 466 g/mol.